The van der Waals surface area contributed by atoms with Gasteiger partial charge in [-0.3, -0.25) is 0 Å². The summed E-state index contributed by atoms with van der Waals surface area (Å²) in [5, 5.41) is 0. The second-order valence-corrected chi connectivity index (χ2v) is 8.48. The van der Waals surface area contributed by atoms with Crippen LogP contribution in [0.15, 0.2) is 30.9 Å². The van der Waals surface area contributed by atoms with Crippen LogP contribution in [0.2, 0.25) is 0 Å². The number of ether oxygens (including phenoxy) is 1. The Morgan fingerprint density at radius 3 is 2.14 bits per heavy atom. The van der Waals surface area contributed by atoms with Gasteiger partial charge in [-0.2, -0.15) is 13.2 Å². The number of imidazole rings is 1. The molecule has 3 heterocycles. The monoisotopic (exact) mass is 537 g/mol. The van der Waals surface area contributed by atoms with E-state index in [4.69, 9.17) is 14.5 Å². The van der Waals surface area contributed by atoms with Crippen LogP contribution >= 0.6 is 12.2 Å². The van der Waals surface area contributed by atoms with E-state index in [0.29, 0.717) is 29.0 Å². The van der Waals surface area contributed by atoms with Crippen LogP contribution < -0.4 is 4.74 Å². The highest BCUT2D eigenvalue weighted by molar-refractivity contribution is 7.77. The number of hydrogen-bond donors (Lipinski definition) is 0. The van der Waals surface area contributed by atoms with Crippen molar-refractivity contribution in [3.63, 3.8) is 0 Å². The van der Waals surface area contributed by atoms with E-state index >= 15 is 0 Å². The first kappa shape index (κ1) is 33.9. The smallest absolute Gasteiger partial charge is 0.416 e. The first-order chi connectivity index (χ1) is 17.4. The minimum absolute atomic E-state index is 0.179. The fraction of sp³-hybridized carbons (Fsp3) is 0.429. The average molecular weight is 538 g/mol. The molecule has 0 N–H and O–H groups in total. The van der Waals surface area contributed by atoms with Gasteiger partial charge in [0.25, 0.3) is 0 Å². The molecule has 5 nitrogen and oxygen atoms in total. The van der Waals surface area contributed by atoms with E-state index in [1.807, 2.05) is 53.6 Å². The lowest BCUT2D eigenvalue weighted by Crippen LogP contribution is -2.24. The van der Waals surface area contributed by atoms with Crippen molar-refractivity contribution in [2.45, 2.75) is 73.1 Å². The number of aromatic nitrogens is 3. The zero-order chi connectivity index (χ0) is 29.1. The summed E-state index contributed by atoms with van der Waals surface area (Å²) in [5.74, 6) is 4.14. The largest absolute Gasteiger partial charge is 0.486 e. The normalized spacial score (nSPS) is 12.6. The molecule has 0 radical (unpaired) electrons. The number of pyridine rings is 1. The Hall–Kier alpha value is -3.07. The van der Waals surface area contributed by atoms with Crippen LogP contribution in [0.4, 0.5) is 13.2 Å². The SMILES string of the molecule is C=CCC.C=O.C=S.CC.Cc1cc2c(cc1C(F)(F)F)nc(-c1nc3c(cc1C)OC(C)(C)C3)n2C. The van der Waals surface area contributed by atoms with Crippen LogP contribution in [0.5, 0.6) is 5.75 Å². The number of halogens is 3. The van der Waals surface area contributed by atoms with Crippen molar-refractivity contribution < 1.29 is 22.7 Å². The molecular weight excluding hydrogens is 499 g/mol. The van der Waals surface area contributed by atoms with Crippen LogP contribution in [-0.4, -0.2) is 32.8 Å². The van der Waals surface area contributed by atoms with Crippen molar-refractivity contribution >= 4 is 35.9 Å². The summed E-state index contributed by atoms with van der Waals surface area (Å²) in [6, 6.07) is 4.57. The van der Waals surface area contributed by atoms with Crippen LogP contribution in [0, 0.1) is 13.8 Å². The van der Waals surface area contributed by atoms with Crippen LogP contribution in [-0.2, 0) is 24.4 Å². The van der Waals surface area contributed by atoms with E-state index in [0.717, 1.165) is 29.5 Å². The lowest BCUT2D eigenvalue weighted by molar-refractivity contribution is -0.138. The Bertz CT molecular complexity index is 1190. The number of carbonyl (C=O) groups excluding carboxylic acids is 1. The maximum Gasteiger partial charge on any atom is 0.416 e. The predicted molar refractivity (Wildman–Crippen MR) is 151 cm³/mol. The molecule has 2 aromatic heterocycles. The van der Waals surface area contributed by atoms with E-state index in [-0.39, 0.29) is 11.2 Å². The summed E-state index contributed by atoms with van der Waals surface area (Å²) >= 11 is 3.83. The van der Waals surface area contributed by atoms with E-state index in [2.05, 4.69) is 36.6 Å². The third-order valence-corrected chi connectivity index (χ3v) is 5.26. The Morgan fingerprint density at radius 1 is 1.11 bits per heavy atom. The summed E-state index contributed by atoms with van der Waals surface area (Å²) < 4.78 is 47.4. The second kappa shape index (κ2) is 14.6. The Morgan fingerprint density at radius 2 is 1.65 bits per heavy atom. The van der Waals surface area contributed by atoms with Crippen molar-refractivity contribution in [1.82, 2.24) is 14.5 Å². The van der Waals surface area contributed by atoms with Crippen molar-refractivity contribution in [3.05, 3.63) is 53.2 Å². The van der Waals surface area contributed by atoms with E-state index in [9.17, 15) is 13.2 Å². The number of carbonyl (C=O) groups is 1. The number of alkyl halides is 3. The van der Waals surface area contributed by atoms with E-state index < -0.39 is 11.7 Å². The molecule has 1 aliphatic rings. The number of hydrogen-bond acceptors (Lipinski definition) is 5. The zero-order valence-electron chi connectivity index (χ0n) is 23.0. The first-order valence-electron chi connectivity index (χ1n) is 11.8. The highest BCUT2D eigenvalue weighted by atomic mass is 32.1. The summed E-state index contributed by atoms with van der Waals surface area (Å²) in [6.45, 7) is 18.9. The van der Waals surface area contributed by atoms with Crippen molar-refractivity contribution in [2.24, 2.45) is 7.05 Å². The summed E-state index contributed by atoms with van der Waals surface area (Å²) in [6.07, 6.45) is -0.766. The topological polar surface area (TPSA) is 57.0 Å². The maximum absolute atomic E-state index is 13.2. The van der Waals surface area contributed by atoms with Crippen LogP contribution in [0.25, 0.3) is 22.6 Å². The van der Waals surface area contributed by atoms with Gasteiger partial charge in [-0.15, -0.1) is 6.58 Å². The quantitative estimate of drug-likeness (QED) is 0.245. The van der Waals surface area contributed by atoms with Crippen LogP contribution in [0.1, 0.15) is 63.4 Å². The van der Waals surface area contributed by atoms with Gasteiger partial charge in [-0.1, -0.05) is 39.1 Å². The van der Waals surface area contributed by atoms with E-state index in [1.165, 1.54) is 13.0 Å². The molecule has 0 saturated heterocycles. The van der Waals surface area contributed by atoms with Crippen LogP contribution in [0.3, 0.4) is 0 Å². The van der Waals surface area contributed by atoms with E-state index in [1.54, 1.807) is 11.6 Å². The molecule has 37 heavy (non-hydrogen) atoms. The lowest BCUT2D eigenvalue weighted by atomic mass is 10.0. The van der Waals surface area contributed by atoms with Crippen molar-refractivity contribution in [3.8, 4) is 17.3 Å². The standard InChI is InChI=1S/C20H20F3N3O.C4H8.C2H6.CH2O.CH2S/c1-10-6-15-13(8-12(10)20(21,22)23)25-18(26(15)5)17-11(2)7-16-14(24-17)9-19(3,4)27-16;1-3-4-2;3*1-2/h6-8H,9H2,1-5H3;3H,1,4H2,2H3;1-2H3;2*1H2. The minimum Gasteiger partial charge on any atom is -0.486 e. The van der Waals surface area contributed by atoms with Gasteiger partial charge < -0.3 is 14.1 Å². The van der Waals surface area contributed by atoms with Gasteiger partial charge >= 0.3 is 6.18 Å². The number of rotatable bonds is 2. The number of thiocarbonyl (C=S) groups is 1. The highest BCUT2D eigenvalue weighted by Crippen LogP contribution is 2.38. The Balaban J connectivity index is 0.00000114. The third kappa shape index (κ3) is 8.21. The molecule has 3 aromatic rings. The Kier molecular flexibility index (Phi) is 13.4. The summed E-state index contributed by atoms with van der Waals surface area (Å²) in [5.41, 5.74) is 2.55. The average Bonchev–Trinajstić information content (AvgIpc) is 3.35. The van der Waals surface area contributed by atoms with Gasteiger partial charge in [-0.25, -0.2) is 9.97 Å². The predicted octanol–water partition coefficient (Wildman–Crippen LogP) is 8.02. The molecule has 0 atom stereocenters. The van der Waals surface area contributed by atoms with Gasteiger partial charge in [0, 0.05) is 13.5 Å². The number of allylic oxidation sites excluding steroid dienone is 1. The Labute approximate surface area is 223 Å². The molecular formula is C28H38F3N3O2S. The lowest BCUT2D eigenvalue weighted by Gasteiger charge is -2.16. The highest BCUT2D eigenvalue weighted by Gasteiger charge is 2.34. The number of benzene rings is 1. The molecule has 0 aliphatic carbocycles. The van der Waals surface area contributed by atoms with Gasteiger partial charge in [-0.05, 0) is 69.3 Å². The minimum atomic E-state index is -4.40. The molecule has 0 spiro atoms. The molecule has 0 unspecified atom stereocenters. The van der Waals surface area contributed by atoms with Gasteiger partial charge in [0.15, 0.2) is 5.82 Å². The third-order valence-electron chi connectivity index (χ3n) is 5.26. The molecule has 1 aromatic carbocycles. The molecule has 0 amide bonds. The fourth-order valence-corrected chi connectivity index (χ4v) is 3.66. The molecule has 204 valence electrons. The molecule has 1 aliphatic heterocycles. The fourth-order valence-electron chi connectivity index (χ4n) is 3.66. The molecule has 0 bridgehead atoms. The number of aryl methyl sites for hydroxylation is 3. The zero-order valence-corrected chi connectivity index (χ0v) is 23.9. The summed E-state index contributed by atoms with van der Waals surface area (Å²) in [7, 11) is 1.80. The van der Waals surface area contributed by atoms with Gasteiger partial charge in [0.1, 0.15) is 23.8 Å². The number of nitrogens with zero attached hydrogens (tertiary/aromatic N) is 3. The molecule has 9 heteroatoms. The molecule has 0 fully saturated rings. The summed E-state index contributed by atoms with van der Waals surface area (Å²) in [4.78, 5) is 17.2. The molecule has 0 saturated carbocycles. The maximum atomic E-state index is 13.2. The van der Waals surface area contributed by atoms with Crippen molar-refractivity contribution in [1.29, 1.82) is 0 Å². The van der Waals surface area contributed by atoms with Gasteiger partial charge in [0.2, 0.25) is 0 Å². The van der Waals surface area contributed by atoms with Gasteiger partial charge in [0.05, 0.1) is 22.3 Å². The van der Waals surface area contributed by atoms with Crippen molar-refractivity contribution in [2.75, 3.05) is 0 Å². The first-order valence-corrected chi connectivity index (χ1v) is 12.4. The number of fused-ring (bicyclic) bond motifs is 2. The molecule has 4 rings (SSSR count). The second-order valence-electron chi connectivity index (χ2n) is 8.48.